The van der Waals surface area contributed by atoms with E-state index < -0.39 is 6.55 Å². The molecule has 2 aromatic heterocycles. The quantitative estimate of drug-likeness (QED) is 0.533. The van der Waals surface area contributed by atoms with E-state index in [9.17, 15) is 18.4 Å². The van der Waals surface area contributed by atoms with Crippen molar-refractivity contribution in [2.45, 2.75) is 45.6 Å². The Morgan fingerprint density at radius 2 is 2.03 bits per heavy atom. The number of carbonyl (C=O) groups is 2. The number of rotatable bonds is 4. The van der Waals surface area contributed by atoms with Gasteiger partial charge < -0.3 is 9.80 Å². The van der Waals surface area contributed by atoms with Gasteiger partial charge in [0.05, 0.1) is 35.4 Å². The standard InChI is InChI=1S/C22H20Cl2F2N6O2/c1-12-8-17-14(10-31(12)20(33)13-2-3-15(23)16(24)9-13)19-21(34)29(6-7-32(19)28-17)11-18-27-4-5-30(18)22(25)26/h2-5,9,12,22H,6-8,10-11H2,1H3/t12-/m1/s1. The maximum absolute atomic E-state index is 13.4. The molecule has 0 radical (unpaired) electrons. The summed E-state index contributed by atoms with van der Waals surface area (Å²) in [6.45, 7) is 0.102. The van der Waals surface area contributed by atoms with E-state index >= 15 is 0 Å². The fourth-order valence-corrected chi connectivity index (χ4v) is 4.79. The molecule has 1 aromatic carbocycles. The molecule has 34 heavy (non-hydrogen) atoms. The first-order valence-electron chi connectivity index (χ1n) is 10.7. The van der Waals surface area contributed by atoms with E-state index in [0.29, 0.717) is 41.4 Å². The van der Waals surface area contributed by atoms with Crippen molar-refractivity contribution >= 4 is 35.0 Å². The van der Waals surface area contributed by atoms with Crippen LogP contribution < -0.4 is 0 Å². The largest absolute Gasteiger partial charge is 0.331 e. The molecule has 0 fully saturated rings. The molecule has 8 nitrogen and oxygen atoms in total. The van der Waals surface area contributed by atoms with Gasteiger partial charge in [-0.15, -0.1) is 0 Å². The molecule has 0 saturated carbocycles. The average Bonchev–Trinajstić information content (AvgIpc) is 3.41. The molecule has 2 amide bonds. The lowest BCUT2D eigenvalue weighted by Crippen LogP contribution is -2.44. The van der Waals surface area contributed by atoms with Crippen LogP contribution in [0.1, 0.15) is 51.4 Å². The van der Waals surface area contributed by atoms with Gasteiger partial charge in [-0.05, 0) is 25.1 Å². The Bertz CT molecular complexity index is 1290. The van der Waals surface area contributed by atoms with Crippen LogP contribution in [0.5, 0.6) is 0 Å². The lowest BCUT2D eigenvalue weighted by molar-refractivity contribution is 0.0559. The summed E-state index contributed by atoms with van der Waals surface area (Å²) in [6.07, 6.45) is 2.97. The number of alkyl halides is 2. The molecule has 0 aliphatic carbocycles. The molecule has 5 rings (SSSR count). The first-order chi connectivity index (χ1) is 16.2. The third-order valence-electron chi connectivity index (χ3n) is 6.27. The van der Waals surface area contributed by atoms with Crippen molar-refractivity contribution in [3.63, 3.8) is 0 Å². The van der Waals surface area contributed by atoms with E-state index in [1.54, 1.807) is 21.7 Å². The second-order valence-corrected chi connectivity index (χ2v) is 9.18. The van der Waals surface area contributed by atoms with Crippen molar-refractivity contribution in [2.24, 2.45) is 0 Å². The van der Waals surface area contributed by atoms with E-state index in [-0.39, 0.29) is 41.8 Å². The van der Waals surface area contributed by atoms with Crippen LogP contribution in [0, 0.1) is 0 Å². The molecule has 0 spiro atoms. The molecule has 12 heteroatoms. The molecular formula is C22H20Cl2F2N6O2. The number of nitrogens with zero attached hydrogens (tertiary/aromatic N) is 6. The Hall–Kier alpha value is -2.98. The minimum Gasteiger partial charge on any atom is -0.331 e. The number of hydrogen-bond acceptors (Lipinski definition) is 4. The zero-order chi connectivity index (χ0) is 24.1. The number of fused-ring (bicyclic) bond motifs is 3. The maximum atomic E-state index is 13.4. The van der Waals surface area contributed by atoms with Crippen molar-refractivity contribution < 1.29 is 18.4 Å². The predicted molar refractivity (Wildman–Crippen MR) is 120 cm³/mol. The molecule has 178 valence electrons. The Morgan fingerprint density at radius 3 is 2.76 bits per heavy atom. The monoisotopic (exact) mass is 508 g/mol. The summed E-state index contributed by atoms with van der Waals surface area (Å²) in [7, 11) is 0. The molecule has 0 bridgehead atoms. The van der Waals surface area contributed by atoms with E-state index in [1.165, 1.54) is 23.4 Å². The number of halogens is 4. The minimum absolute atomic E-state index is 0.0432. The highest BCUT2D eigenvalue weighted by Gasteiger charge is 2.37. The van der Waals surface area contributed by atoms with Gasteiger partial charge in [-0.2, -0.15) is 13.9 Å². The molecule has 2 aliphatic rings. The van der Waals surface area contributed by atoms with Crippen LogP contribution in [-0.4, -0.2) is 53.5 Å². The maximum Gasteiger partial charge on any atom is 0.319 e. The van der Waals surface area contributed by atoms with Crippen LogP contribution in [0.2, 0.25) is 10.0 Å². The Morgan fingerprint density at radius 1 is 1.24 bits per heavy atom. The average molecular weight is 509 g/mol. The molecule has 0 unspecified atom stereocenters. The fraction of sp³-hybridized carbons (Fsp3) is 0.364. The van der Waals surface area contributed by atoms with Gasteiger partial charge in [0.15, 0.2) is 0 Å². The molecular weight excluding hydrogens is 489 g/mol. The second kappa shape index (κ2) is 8.66. The first kappa shape index (κ1) is 22.8. The van der Waals surface area contributed by atoms with Crippen LogP contribution in [0.3, 0.4) is 0 Å². The van der Waals surface area contributed by atoms with Gasteiger partial charge in [-0.1, -0.05) is 23.2 Å². The van der Waals surface area contributed by atoms with Gasteiger partial charge in [-0.25, -0.2) is 4.98 Å². The highest BCUT2D eigenvalue weighted by atomic mass is 35.5. The summed E-state index contributed by atoms with van der Waals surface area (Å²) in [5.74, 6) is -0.439. The lowest BCUT2D eigenvalue weighted by Gasteiger charge is -2.34. The van der Waals surface area contributed by atoms with E-state index in [0.717, 1.165) is 10.3 Å². The van der Waals surface area contributed by atoms with Crippen molar-refractivity contribution in [2.75, 3.05) is 6.54 Å². The number of amides is 2. The van der Waals surface area contributed by atoms with E-state index in [2.05, 4.69) is 10.1 Å². The number of hydrogen-bond donors (Lipinski definition) is 0. The van der Waals surface area contributed by atoms with Crippen molar-refractivity contribution in [1.29, 1.82) is 0 Å². The number of benzene rings is 1. The zero-order valence-corrected chi connectivity index (χ0v) is 19.6. The van der Waals surface area contributed by atoms with Gasteiger partial charge in [0, 0.05) is 42.5 Å². The third kappa shape index (κ3) is 3.84. The normalized spacial score (nSPS) is 17.8. The van der Waals surface area contributed by atoms with Crippen molar-refractivity contribution in [3.8, 4) is 0 Å². The van der Waals surface area contributed by atoms with Crippen LogP contribution >= 0.6 is 23.2 Å². The molecule has 4 heterocycles. The van der Waals surface area contributed by atoms with E-state index in [1.807, 2.05) is 6.92 Å². The van der Waals surface area contributed by atoms with Crippen LogP contribution in [-0.2, 0) is 26.1 Å². The van der Waals surface area contributed by atoms with Crippen LogP contribution in [0.25, 0.3) is 0 Å². The summed E-state index contributed by atoms with van der Waals surface area (Å²) in [5, 5.41) is 5.26. The smallest absolute Gasteiger partial charge is 0.319 e. The number of carbonyl (C=O) groups excluding carboxylic acids is 2. The SMILES string of the molecule is C[C@@H]1Cc2nn3c(c2CN1C(=O)c1ccc(Cl)c(Cl)c1)C(=O)N(Cc1nccn1C(F)F)CC3. The van der Waals surface area contributed by atoms with Crippen LogP contribution in [0.15, 0.2) is 30.6 Å². The Labute approximate surface area is 203 Å². The summed E-state index contributed by atoms with van der Waals surface area (Å²) in [4.78, 5) is 33.8. The van der Waals surface area contributed by atoms with Crippen LogP contribution in [0.4, 0.5) is 8.78 Å². The van der Waals surface area contributed by atoms with Gasteiger partial charge in [0.2, 0.25) is 0 Å². The molecule has 3 aromatic rings. The number of aromatic nitrogens is 4. The molecule has 2 aliphatic heterocycles. The van der Waals surface area contributed by atoms with Crippen molar-refractivity contribution in [3.05, 3.63) is 69.0 Å². The fourth-order valence-electron chi connectivity index (χ4n) is 4.50. The van der Waals surface area contributed by atoms with Gasteiger partial charge in [-0.3, -0.25) is 18.8 Å². The topological polar surface area (TPSA) is 76.3 Å². The molecule has 0 N–H and O–H groups in total. The highest BCUT2D eigenvalue weighted by Crippen LogP contribution is 2.31. The Balaban J connectivity index is 1.42. The van der Waals surface area contributed by atoms with Gasteiger partial charge in [0.1, 0.15) is 11.5 Å². The predicted octanol–water partition coefficient (Wildman–Crippen LogP) is 4.02. The second-order valence-electron chi connectivity index (χ2n) is 8.37. The summed E-state index contributed by atoms with van der Waals surface area (Å²) >= 11 is 12.1. The third-order valence-corrected chi connectivity index (χ3v) is 7.01. The van der Waals surface area contributed by atoms with Gasteiger partial charge >= 0.3 is 6.55 Å². The van der Waals surface area contributed by atoms with Crippen molar-refractivity contribution in [1.82, 2.24) is 29.1 Å². The zero-order valence-electron chi connectivity index (χ0n) is 18.1. The van der Waals surface area contributed by atoms with Gasteiger partial charge in [0.25, 0.3) is 11.8 Å². The summed E-state index contributed by atoms with van der Waals surface area (Å²) < 4.78 is 28.8. The molecule has 0 saturated heterocycles. The Kier molecular flexibility index (Phi) is 5.81. The number of imidazole rings is 1. The minimum atomic E-state index is -2.74. The van der Waals surface area contributed by atoms with E-state index in [4.69, 9.17) is 23.2 Å². The molecule has 1 atom stereocenters. The summed E-state index contributed by atoms with van der Waals surface area (Å²) in [5.41, 5.74) is 2.23. The first-order valence-corrected chi connectivity index (χ1v) is 11.4. The lowest BCUT2D eigenvalue weighted by atomic mass is 9.97. The highest BCUT2D eigenvalue weighted by molar-refractivity contribution is 6.42. The summed E-state index contributed by atoms with van der Waals surface area (Å²) in [6, 6.07) is 4.57.